The minimum absolute atomic E-state index is 0.0475. The molecule has 0 spiro atoms. The summed E-state index contributed by atoms with van der Waals surface area (Å²) in [7, 11) is 0. The summed E-state index contributed by atoms with van der Waals surface area (Å²) in [6, 6.07) is 10.9. The van der Waals surface area contributed by atoms with Gasteiger partial charge in [-0.3, -0.25) is 14.9 Å². The van der Waals surface area contributed by atoms with Gasteiger partial charge in [-0.25, -0.2) is 0 Å². The molecular weight excluding hydrogens is 364 g/mol. The predicted molar refractivity (Wildman–Crippen MR) is 115 cm³/mol. The number of allylic oxidation sites excluding steroid dienone is 3. The molecule has 0 amide bonds. The molecule has 29 heavy (non-hydrogen) atoms. The Hall–Kier alpha value is -3.21. The summed E-state index contributed by atoms with van der Waals surface area (Å²) < 4.78 is 0. The Labute approximate surface area is 170 Å². The molecule has 2 aromatic carbocycles. The Kier molecular flexibility index (Phi) is 5.05. The van der Waals surface area contributed by atoms with Crippen molar-refractivity contribution in [2.24, 2.45) is 0 Å². The SMILES string of the molecule is CC/C=C\c1c(C)ccc2c1C(c1cccc([N+](=O)[O-])c1)C1=C(CCCC1=O)N2. The summed E-state index contributed by atoms with van der Waals surface area (Å²) >= 11 is 0. The van der Waals surface area contributed by atoms with Crippen LogP contribution in [-0.2, 0) is 4.79 Å². The molecule has 148 valence electrons. The molecular formula is C24H24N2O3. The van der Waals surface area contributed by atoms with Gasteiger partial charge in [-0.15, -0.1) is 0 Å². The van der Waals surface area contributed by atoms with E-state index in [1.165, 1.54) is 6.07 Å². The Bertz CT molecular complexity index is 1070. The van der Waals surface area contributed by atoms with Crippen LogP contribution in [0, 0.1) is 17.0 Å². The Morgan fingerprint density at radius 1 is 1.24 bits per heavy atom. The first-order valence-corrected chi connectivity index (χ1v) is 10.1. The van der Waals surface area contributed by atoms with Gasteiger partial charge in [0.25, 0.3) is 5.69 Å². The van der Waals surface area contributed by atoms with Crippen LogP contribution in [0.3, 0.4) is 0 Å². The first-order chi connectivity index (χ1) is 14.0. The zero-order valence-electron chi connectivity index (χ0n) is 16.7. The molecule has 0 radical (unpaired) electrons. The van der Waals surface area contributed by atoms with Gasteiger partial charge in [0.2, 0.25) is 0 Å². The highest BCUT2D eigenvalue weighted by Crippen LogP contribution is 2.48. The second-order valence-electron chi connectivity index (χ2n) is 7.65. The number of Topliss-reactive ketones (excluding diaryl/α,β-unsaturated/α-hetero) is 1. The highest BCUT2D eigenvalue weighted by atomic mass is 16.6. The number of carbonyl (C=O) groups excluding carboxylic acids is 1. The van der Waals surface area contributed by atoms with Gasteiger partial charge in [0.1, 0.15) is 0 Å². The van der Waals surface area contributed by atoms with Crippen LogP contribution in [0.5, 0.6) is 0 Å². The molecule has 1 aliphatic carbocycles. The third-order valence-electron chi connectivity index (χ3n) is 5.76. The third-order valence-corrected chi connectivity index (χ3v) is 5.76. The average molecular weight is 388 g/mol. The number of aryl methyl sites for hydroxylation is 1. The molecule has 0 fully saturated rings. The number of ketones is 1. The van der Waals surface area contributed by atoms with E-state index in [1.807, 2.05) is 6.07 Å². The second-order valence-corrected chi connectivity index (χ2v) is 7.65. The van der Waals surface area contributed by atoms with Crippen molar-refractivity contribution in [2.45, 2.75) is 45.4 Å². The van der Waals surface area contributed by atoms with Crippen molar-refractivity contribution < 1.29 is 9.72 Å². The van der Waals surface area contributed by atoms with Gasteiger partial charge in [-0.2, -0.15) is 0 Å². The van der Waals surface area contributed by atoms with E-state index in [0.717, 1.165) is 58.5 Å². The molecule has 0 aromatic heterocycles. The zero-order chi connectivity index (χ0) is 20.5. The zero-order valence-corrected chi connectivity index (χ0v) is 16.7. The summed E-state index contributed by atoms with van der Waals surface area (Å²) in [6.45, 7) is 4.15. The molecule has 1 unspecified atom stereocenters. The first kappa shape index (κ1) is 19.1. The number of anilines is 1. The number of rotatable bonds is 4. The summed E-state index contributed by atoms with van der Waals surface area (Å²) in [5.41, 5.74) is 6.78. The van der Waals surface area contributed by atoms with Crippen molar-refractivity contribution in [3.8, 4) is 0 Å². The number of non-ortho nitro benzene ring substituents is 1. The molecule has 0 bridgehead atoms. The van der Waals surface area contributed by atoms with Crippen LogP contribution in [0.2, 0.25) is 0 Å². The van der Waals surface area contributed by atoms with Crippen LogP contribution >= 0.6 is 0 Å². The number of carbonyl (C=O) groups is 1. The molecule has 1 aliphatic heterocycles. The number of hydrogen-bond donors (Lipinski definition) is 1. The van der Waals surface area contributed by atoms with E-state index < -0.39 is 0 Å². The van der Waals surface area contributed by atoms with Gasteiger partial charge < -0.3 is 5.32 Å². The normalized spacial score (nSPS) is 18.4. The summed E-state index contributed by atoms with van der Waals surface area (Å²) in [4.78, 5) is 24.0. The molecule has 1 N–H and O–H groups in total. The Morgan fingerprint density at radius 2 is 2.07 bits per heavy atom. The van der Waals surface area contributed by atoms with Crippen molar-refractivity contribution in [3.63, 3.8) is 0 Å². The lowest BCUT2D eigenvalue weighted by atomic mass is 9.73. The highest BCUT2D eigenvalue weighted by Gasteiger charge is 2.36. The lowest BCUT2D eigenvalue weighted by Crippen LogP contribution is -2.27. The quantitative estimate of drug-likeness (QED) is 0.523. The largest absolute Gasteiger partial charge is 0.358 e. The maximum Gasteiger partial charge on any atom is 0.269 e. The van der Waals surface area contributed by atoms with E-state index >= 15 is 0 Å². The van der Waals surface area contributed by atoms with Gasteiger partial charge >= 0.3 is 0 Å². The smallest absolute Gasteiger partial charge is 0.269 e. The van der Waals surface area contributed by atoms with Crippen molar-refractivity contribution in [1.82, 2.24) is 0 Å². The van der Waals surface area contributed by atoms with E-state index in [9.17, 15) is 14.9 Å². The number of nitro benzene ring substituents is 1. The fraction of sp³-hybridized carbons (Fsp3) is 0.292. The Balaban J connectivity index is 2.00. The van der Waals surface area contributed by atoms with E-state index in [0.29, 0.717) is 6.42 Å². The highest BCUT2D eigenvalue weighted by molar-refractivity contribution is 6.01. The standard InChI is InChI=1S/C24H24N2O3/c1-3-4-9-18-15(2)12-13-20-23(18)22(16-7-5-8-17(14-16)26(28)29)24-19(25-20)10-6-11-21(24)27/h4-5,7-9,12-14,22,25H,3,6,10-11H2,1-2H3/b9-4-. The van der Waals surface area contributed by atoms with Crippen LogP contribution in [-0.4, -0.2) is 10.7 Å². The van der Waals surface area contributed by atoms with Gasteiger partial charge in [0, 0.05) is 41.4 Å². The van der Waals surface area contributed by atoms with E-state index in [4.69, 9.17) is 0 Å². The fourth-order valence-corrected chi connectivity index (χ4v) is 4.41. The molecule has 0 saturated heterocycles. The maximum absolute atomic E-state index is 13.0. The number of nitro groups is 1. The van der Waals surface area contributed by atoms with Crippen LogP contribution in [0.1, 0.15) is 60.8 Å². The minimum Gasteiger partial charge on any atom is -0.358 e. The number of nitrogens with one attached hydrogen (secondary N) is 1. The van der Waals surface area contributed by atoms with Crippen LogP contribution in [0.4, 0.5) is 11.4 Å². The molecule has 1 heterocycles. The number of hydrogen-bond acceptors (Lipinski definition) is 4. The monoisotopic (exact) mass is 388 g/mol. The fourth-order valence-electron chi connectivity index (χ4n) is 4.41. The van der Waals surface area contributed by atoms with Crippen LogP contribution in [0.25, 0.3) is 6.08 Å². The average Bonchev–Trinajstić information content (AvgIpc) is 2.72. The maximum atomic E-state index is 13.0. The van der Waals surface area contributed by atoms with Gasteiger partial charge in [0.05, 0.1) is 4.92 Å². The number of fused-ring (bicyclic) bond motifs is 1. The molecule has 4 rings (SSSR count). The molecule has 2 aliphatic rings. The lowest BCUT2D eigenvalue weighted by molar-refractivity contribution is -0.384. The molecule has 1 atom stereocenters. The van der Waals surface area contributed by atoms with Crippen molar-refractivity contribution in [3.05, 3.63) is 86.1 Å². The Morgan fingerprint density at radius 3 is 2.83 bits per heavy atom. The number of nitrogens with zero attached hydrogens (tertiary/aromatic N) is 1. The molecule has 5 nitrogen and oxygen atoms in total. The van der Waals surface area contributed by atoms with Gasteiger partial charge in [0.15, 0.2) is 5.78 Å². The summed E-state index contributed by atoms with van der Waals surface area (Å²) in [6.07, 6.45) is 7.30. The lowest BCUT2D eigenvalue weighted by Gasteiger charge is -2.35. The first-order valence-electron chi connectivity index (χ1n) is 10.1. The van der Waals surface area contributed by atoms with E-state index in [1.54, 1.807) is 12.1 Å². The second kappa shape index (κ2) is 7.66. The van der Waals surface area contributed by atoms with Crippen molar-refractivity contribution >= 4 is 23.2 Å². The van der Waals surface area contributed by atoms with Gasteiger partial charge in [-0.05, 0) is 54.5 Å². The van der Waals surface area contributed by atoms with E-state index in [2.05, 4.69) is 43.4 Å². The minimum atomic E-state index is -0.377. The molecule has 5 heteroatoms. The predicted octanol–water partition coefficient (Wildman–Crippen LogP) is 5.89. The van der Waals surface area contributed by atoms with Crippen molar-refractivity contribution in [1.29, 1.82) is 0 Å². The number of benzene rings is 2. The van der Waals surface area contributed by atoms with Crippen molar-refractivity contribution in [2.75, 3.05) is 5.32 Å². The summed E-state index contributed by atoms with van der Waals surface area (Å²) in [5, 5.41) is 14.9. The molecule has 0 saturated carbocycles. The molecule has 2 aromatic rings. The van der Waals surface area contributed by atoms with Gasteiger partial charge in [-0.1, -0.05) is 37.3 Å². The summed E-state index contributed by atoms with van der Waals surface area (Å²) in [5.74, 6) is -0.168. The van der Waals surface area contributed by atoms with Crippen LogP contribution in [0.15, 0.2) is 53.7 Å². The topological polar surface area (TPSA) is 72.2 Å². The van der Waals surface area contributed by atoms with Crippen LogP contribution < -0.4 is 5.32 Å². The third kappa shape index (κ3) is 3.37. The van der Waals surface area contributed by atoms with E-state index in [-0.39, 0.29) is 22.3 Å².